The van der Waals surface area contributed by atoms with Gasteiger partial charge in [0.05, 0.1) is 19.0 Å². The van der Waals surface area contributed by atoms with Crippen molar-refractivity contribution < 1.29 is 9.13 Å². The van der Waals surface area contributed by atoms with Gasteiger partial charge >= 0.3 is 6.01 Å². The van der Waals surface area contributed by atoms with Crippen LogP contribution in [0.3, 0.4) is 0 Å². The normalized spacial score (nSPS) is 8.62. The smallest absolute Gasteiger partial charge is 0.316 e. The van der Waals surface area contributed by atoms with E-state index in [-0.39, 0.29) is 6.01 Å². The van der Waals surface area contributed by atoms with Crippen molar-refractivity contribution in [3.8, 4) is 6.01 Å². The summed E-state index contributed by atoms with van der Waals surface area (Å²) in [4.78, 5) is 7.21. The quantitative estimate of drug-likeness (QED) is 0.727. The summed E-state index contributed by atoms with van der Waals surface area (Å²) in [5.74, 6) is -0.450. The molecule has 0 aliphatic carbocycles. The van der Waals surface area contributed by atoms with E-state index in [1.807, 2.05) is 20.8 Å². The van der Waals surface area contributed by atoms with E-state index in [1.165, 1.54) is 0 Å². The van der Waals surface area contributed by atoms with Crippen molar-refractivity contribution in [3.05, 3.63) is 18.2 Å². The molecule has 3 nitrogen and oxygen atoms in total. The Balaban J connectivity index is 0.000000671. The molecular formula is C9H15FN2O. The average molecular weight is 186 g/mol. The first kappa shape index (κ1) is 11.8. The summed E-state index contributed by atoms with van der Waals surface area (Å²) >= 11 is 0. The zero-order chi connectivity index (χ0) is 10.1. The number of aromatic nitrogens is 2. The van der Waals surface area contributed by atoms with E-state index in [9.17, 15) is 4.39 Å². The molecule has 0 radical (unpaired) electrons. The average Bonchev–Trinajstić information content (AvgIpc) is 2.20. The molecule has 1 rings (SSSR count). The second-order valence-corrected chi connectivity index (χ2v) is 2.03. The molecule has 0 saturated carbocycles. The second kappa shape index (κ2) is 7.46. The molecule has 74 valence electrons. The van der Waals surface area contributed by atoms with E-state index in [4.69, 9.17) is 4.74 Å². The third-order valence-corrected chi connectivity index (χ3v) is 1.03. The first-order chi connectivity index (χ1) is 6.33. The van der Waals surface area contributed by atoms with Crippen molar-refractivity contribution in [2.45, 2.75) is 27.2 Å². The molecule has 0 atom stereocenters. The van der Waals surface area contributed by atoms with Crippen molar-refractivity contribution >= 4 is 0 Å². The molecule has 13 heavy (non-hydrogen) atoms. The van der Waals surface area contributed by atoms with E-state index >= 15 is 0 Å². The van der Waals surface area contributed by atoms with Gasteiger partial charge in [-0.25, -0.2) is 14.4 Å². The SMILES string of the molecule is CC.CCCOc1ncc(F)cn1. The van der Waals surface area contributed by atoms with E-state index < -0.39 is 5.82 Å². The predicted molar refractivity (Wildman–Crippen MR) is 49.1 cm³/mol. The van der Waals surface area contributed by atoms with Gasteiger partial charge in [0.25, 0.3) is 0 Å². The monoisotopic (exact) mass is 186 g/mol. The summed E-state index contributed by atoms with van der Waals surface area (Å²) in [6.07, 6.45) is 3.05. The van der Waals surface area contributed by atoms with Gasteiger partial charge in [0.15, 0.2) is 5.82 Å². The number of halogens is 1. The van der Waals surface area contributed by atoms with Crippen LogP contribution in [0.25, 0.3) is 0 Å². The van der Waals surface area contributed by atoms with Crippen LogP contribution in [0.5, 0.6) is 6.01 Å². The molecule has 0 unspecified atom stereocenters. The van der Waals surface area contributed by atoms with Crippen molar-refractivity contribution in [2.75, 3.05) is 6.61 Å². The number of hydrogen-bond donors (Lipinski definition) is 0. The Bertz CT molecular complexity index is 213. The van der Waals surface area contributed by atoms with Crippen LogP contribution in [-0.4, -0.2) is 16.6 Å². The van der Waals surface area contributed by atoms with Crippen LogP contribution in [0.15, 0.2) is 12.4 Å². The van der Waals surface area contributed by atoms with Crippen molar-refractivity contribution in [1.29, 1.82) is 0 Å². The Labute approximate surface area is 78.0 Å². The first-order valence-electron chi connectivity index (χ1n) is 4.43. The van der Waals surface area contributed by atoms with Crippen LogP contribution < -0.4 is 4.74 Å². The highest BCUT2D eigenvalue weighted by atomic mass is 19.1. The maximum Gasteiger partial charge on any atom is 0.316 e. The molecule has 0 fully saturated rings. The fourth-order valence-corrected chi connectivity index (χ4v) is 0.568. The molecule has 0 bridgehead atoms. The molecule has 1 aromatic heterocycles. The number of ether oxygens (including phenoxy) is 1. The lowest BCUT2D eigenvalue weighted by atomic mass is 10.5. The summed E-state index contributed by atoms with van der Waals surface area (Å²) in [5, 5.41) is 0. The second-order valence-electron chi connectivity index (χ2n) is 2.03. The van der Waals surface area contributed by atoms with Gasteiger partial charge in [0.1, 0.15) is 0 Å². The molecular weight excluding hydrogens is 171 g/mol. The zero-order valence-corrected chi connectivity index (χ0v) is 8.25. The molecule has 0 aromatic carbocycles. The van der Waals surface area contributed by atoms with Crippen LogP contribution in [0.2, 0.25) is 0 Å². The van der Waals surface area contributed by atoms with Crippen LogP contribution in [0.1, 0.15) is 27.2 Å². The minimum absolute atomic E-state index is 0.230. The molecule has 0 aliphatic rings. The maximum absolute atomic E-state index is 12.2. The third-order valence-electron chi connectivity index (χ3n) is 1.03. The largest absolute Gasteiger partial charge is 0.463 e. The number of nitrogens with zero attached hydrogens (tertiary/aromatic N) is 2. The third kappa shape index (κ3) is 5.11. The van der Waals surface area contributed by atoms with E-state index in [2.05, 4.69) is 9.97 Å². The number of rotatable bonds is 3. The topological polar surface area (TPSA) is 35.0 Å². The van der Waals surface area contributed by atoms with Crippen LogP contribution in [-0.2, 0) is 0 Å². The minimum atomic E-state index is -0.450. The summed E-state index contributed by atoms with van der Waals surface area (Å²) in [5.41, 5.74) is 0. The summed E-state index contributed by atoms with van der Waals surface area (Å²) in [6.45, 7) is 6.54. The Morgan fingerprint density at radius 1 is 1.31 bits per heavy atom. The lowest BCUT2D eigenvalue weighted by molar-refractivity contribution is 0.290. The van der Waals surface area contributed by atoms with Crippen molar-refractivity contribution in [2.24, 2.45) is 0 Å². The van der Waals surface area contributed by atoms with Crippen LogP contribution in [0.4, 0.5) is 4.39 Å². The van der Waals surface area contributed by atoms with Gasteiger partial charge in [-0.3, -0.25) is 0 Å². The van der Waals surface area contributed by atoms with E-state index in [1.54, 1.807) is 0 Å². The highest BCUT2D eigenvalue weighted by molar-refractivity contribution is 4.95. The van der Waals surface area contributed by atoms with Gasteiger partial charge in [-0.1, -0.05) is 20.8 Å². The van der Waals surface area contributed by atoms with Crippen LogP contribution in [0, 0.1) is 5.82 Å². The van der Waals surface area contributed by atoms with Gasteiger partial charge in [-0.05, 0) is 6.42 Å². The first-order valence-corrected chi connectivity index (χ1v) is 4.43. The maximum atomic E-state index is 12.2. The zero-order valence-electron chi connectivity index (χ0n) is 8.25. The predicted octanol–water partition coefficient (Wildman–Crippen LogP) is 2.43. The van der Waals surface area contributed by atoms with Gasteiger partial charge < -0.3 is 4.74 Å². The molecule has 0 saturated heterocycles. The van der Waals surface area contributed by atoms with Gasteiger partial charge in [0, 0.05) is 0 Å². The highest BCUT2D eigenvalue weighted by Crippen LogP contribution is 2.00. The fraction of sp³-hybridized carbons (Fsp3) is 0.556. The Kier molecular flexibility index (Phi) is 6.78. The van der Waals surface area contributed by atoms with E-state index in [0.29, 0.717) is 6.61 Å². The lowest BCUT2D eigenvalue weighted by Gasteiger charge is -1.99. The molecule has 4 heteroatoms. The Morgan fingerprint density at radius 3 is 2.31 bits per heavy atom. The molecule has 1 aromatic rings. The molecule has 0 spiro atoms. The highest BCUT2D eigenvalue weighted by Gasteiger charge is 1.95. The van der Waals surface area contributed by atoms with Crippen molar-refractivity contribution in [1.82, 2.24) is 9.97 Å². The number of hydrogen-bond acceptors (Lipinski definition) is 3. The van der Waals surface area contributed by atoms with Gasteiger partial charge in [-0.15, -0.1) is 0 Å². The summed E-state index contributed by atoms with van der Waals surface area (Å²) in [7, 11) is 0. The van der Waals surface area contributed by atoms with Gasteiger partial charge in [0.2, 0.25) is 0 Å². The van der Waals surface area contributed by atoms with E-state index in [0.717, 1.165) is 18.8 Å². The molecule has 1 heterocycles. The fourth-order valence-electron chi connectivity index (χ4n) is 0.568. The minimum Gasteiger partial charge on any atom is -0.463 e. The lowest BCUT2D eigenvalue weighted by Crippen LogP contribution is -1.99. The molecule has 0 aliphatic heterocycles. The summed E-state index contributed by atoms with van der Waals surface area (Å²) in [6, 6.07) is 0.230. The standard InChI is InChI=1S/C7H9FN2O.C2H6/c1-2-3-11-7-9-4-6(8)5-10-7;1-2/h4-5H,2-3H2,1H3;1-2H3. The Morgan fingerprint density at radius 2 is 1.85 bits per heavy atom. The molecule has 0 N–H and O–H groups in total. The summed E-state index contributed by atoms with van der Waals surface area (Å²) < 4.78 is 17.2. The Hall–Kier alpha value is -1.19. The van der Waals surface area contributed by atoms with Crippen LogP contribution >= 0.6 is 0 Å². The molecule has 0 amide bonds. The van der Waals surface area contributed by atoms with Gasteiger partial charge in [-0.2, -0.15) is 0 Å². The van der Waals surface area contributed by atoms with Crippen molar-refractivity contribution in [3.63, 3.8) is 0 Å².